The molecule has 4 nitrogen and oxygen atoms in total. The number of rotatable bonds is 8. The van der Waals surface area contributed by atoms with Gasteiger partial charge in [0, 0.05) is 32.7 Å². The van der Waals surface area contributed by atoms with Gasteiger partial charge in [-0.2, -0.15) is 0 Å². The highest BCUT2D eigenvalue weighted by Gasteiger charge is 2.27. The molecule has 1 saturated heterocycles. The van der Waals surface area contributed by atoms with Crippen molar-refractivity contribution in [2.45, 2.75) is 32.2 Å². The van der Waals surface area contributed by atoms with Crippen LogP contribution in [0, 0.1) is 0 Å². The first-order chi connectivity index (χ1) is 11.3. The number of halogens is 1. The largest absolute Gasteiger partial charge is 0.377 e. The number of hydrogen-bond donors (Lipinski definition) is 1. The number of aryl methyl sites for hydroxylation is 1. The van der Waals surface area contributed by atoms with Crippen molar-refractivity contribution >= 4 is 18.3 Å². The summed E-state index contributed by atoms with van der Waals surface area (Å²) in [7, 11) is 0. The van der Waals surface area contributed by atoms with E-state index in [0.29, 0.717) is 19.6 Å². The summed E-state index contributed by atoms with van der Waals surface area (Å²) >= 11 is 0. The van der Waals surface area contributed by atoms with E-state index in [1.54, 1.807) is 6.08 Å². The number of ether oxygens (including phenoxy) is 1. The van der Waals surface area contributed by atoms with Crippen LogP contribution in [0.5, 0.6) is 0 Å². The van der Waals surface area contributed by atoms with Gasteiger partial charge in [0.1, 0.15) is 0 Å². The molecule has 1 heterocycles. The minimum Gasteiger partial charge on any atom is -0.377 e. The molecule has 134 valence electrons. The molecule has 1 aromatic rings. The van der Waals surface area contributed by atoms with Gasteiger partial charge in [0.2, 0.25) is 5.91 Å². The summed E-state index contributed by atoms with van der Waals surface area (Å²) in [4.78, 5) is 14.6. The lowest BCUT2D eigenvalue weighted by atomic mass is 10.0. The molecule has 1 aliphatic rings. The molecule has 5 heteroatoms. The zero-order valence-corrected chi connectivity index (χ0v) is 15.3. The molecule has 0 saturated carbocycles. The van der Waals surface area contributed by atoms with Gasteiger partial charge in [0.15, 0.2) is 0 Å². The van der Waals surface area contributed by atoms with Crippen molar-refractivity contribution in [1.82, 2.24) is 10.2 Å². The van der Waals surface area contributed by atoms with Crippen LogP contribution in [-0.4, -0.2) is 43.7 Å². The Morgan fingerprint density at radius 3 is 2.83 bits per heavy atom. The number of nitrogens with one attached hydrogen (secondary N) is 1. The van der Waals surface area contributed by atoms with Crippen LogP contribution in [-0.2, 0) is 16.0 Å². The highest BCUT2D eigenvalue weighted by molar-refractivity contribution is 5.85. The van der Waals surface area contributed by atoms with E-state index in [0.717, 1.165) is 32.5 Å². The van der Waals surface area contributed by atoms with Crippen molar-refractivity contribution in [3.63, 3.8) is 0 Å². The van der Waals surface area contributed by atoms with Crippen LogP contribution in [0.3, 0.4) is 0 Å². The normalized spacial score (nSPS) is 17.2. The predicted molar refractivity (Wildman–Crippen MR) is 101 cm³/mol. The molecular weight excluding hydrogens is 324 g/mol. The standard InChI is InChI=1S/C19H28N2O2.ClH/c1-3-13-23-14-5-6-19(22)21-12-11-20-15-18(21)17-9-7-16(4-2)8-10-17;/h3,7-10,18,20H,1,4-6,11-15H2,2H3;1H. The minimum atomic E-state index is 0. The Labute approximate surface area is 151 Å². The van der Waals surface area contributed by atoms with Gasteiger partial charge in [0.25, 0.3) is 0 Å². The lowest BCUT2D eigenvalue weighted by molar-refractivity contribution is -0.134. The highest BCUT2D eigenvalue weighted by Crippen LogP contribution is 2.23. The molecule has 1 aromatic carbocycles. The van der Waals surface area contributed by atoms with Crippen LogP contribution < -0.4 is 5.32 Å². The number of carbonyl (C=O) groups excluding carboxylic acids is 1. The molecule has 1 fully saturated rings. The van der Waals surface area contributed by atoms with Crippen LogP contribution in [0.1, 0.15) is 36.9 Å². The van der Waals surface area contributed by atoms with Crippen LogP contribution >= 0.6 is 12.4 Å². The third-order valence-electron chi connectivity index (χ3n) is 4.25. The maximum atomic E-state index is 12.6. The molecule has 1 N–H and O–H groups in total. The Morgan fingerprint density at radius 1 is 1.42 bits per heavy atom. The summed E-state index contributed by atoms with van der Waals surface area (Å²) in [5.41, 5.74) is 2.54. The summed E-state index contributed by atoms with van der Waals surface area (Å²) < 4.78 is 5.36. The minimum absolute atomic E-state index is 0. The van der Waals surface area contributed by atoms with Crippen molar-refractivity contribution in [2.75, 3.05) is 32.8 Å². The fourth-order valence-corrected chi connectivity index (χ4v) is 2.91. The van der Waals surface area contributed by atoms with Crippen molar-refractivity contribution in [1.29, 1.82) is 0 Å². The summed E-state index contributed by atoms with van der Waals surface area (Å²) in [5, 5.41) is 3.40. The fraction of sp³-hybridized carbons (Fsp3) is 0.526. The second kappa shape index (κ2) is 11.2. The van der Waals surface area contributed by atoms with Gasteiger partial charge >= 0.3 is 0 Å². The highest BCUT2D eigenvalue weighted by atomic mass is 35.5. The lowest BCUT2D eigenvalue weighted by Gasteiger charge is -2.36. The van der Waals surface area contributed by atoms with Gasteiger partial charge in [-0.3, -0.25) is 4.79 Å². The molecule has 0 bridgehead atoms. The summed E-state index contributed by atoms with van der Waals surface area (Å²) in [6, 6.07) is 8.77. The molecule has 24 heavy (non-hydrogen) atoms. The quantitative estimate of drug-likeness (QED) is 0.577. The van der Waals surface area contributed by atoms with Crippen LogP contribution in [0.25, 0.3) is 0 Å². The van der Waals surface area contributed by atoms with E-state index < -0.39 is 0 Å². The first-order valence-electron chi connectivity index (χ1n) is 8.54. The average Bonchev–Trinajstić information content (AvgIpc) is 2.61. The molecule has 0 spiro atoms. The van der Waals surface area contributed by atoms with Crippen molar-refractivity contribution < 1.29 is 9.53 Å². The fourth-order valence-electron chi connectivity index (χ4n) is 2.91. The van der Waals surface area contributed by atoms with Crippen LogP contribution in [0.4, 0.5) is 0 Å². The summed E-state index contributed by atoms with van der Waals surface area (Å²) in [6.45, 7) is 9.39. The topological polar surface area (TPSA) is 41.6 Å². The molecule has 0 aromatic heterocycles. The van der Waals surface area contributed by atoms with Gasteiger partial charge in [-0.05, 0) is 24.0 Å². The monoisotopic (exact) mass is 352 g/mol. The number of nitrogens with zero attached hydrogens (tertiary/aromatic N) is 1. The zero-order valence-electron chi connectivity index (χ0n) is 14.5. The molecule has 1 amide bonds. The van der Waals surface area contributed by atoms with Gasteiger partial charge in [-0.15, -0.1) is 19.0 Å². The van der Waals surface area contributed by atoms with Crippen LogP contribution in [0.15, 0.2) is 36.9 Å². The van der Waals surface area contributed by atoms with Crippen molar-refractivity contribution in [3.05, 3.63) is 48.0 Å². The zero-order chi connectivity index (χ0) is 16.5. The van der Waals surface area contributed by atoms with Gasteiger partial charge in [0.05, 0.1) is 12.6 Å². The Morgan fingerprint density at radius 2 is 2.17 bits per heavy atom. The third-order valence-corrected chi connectivity index (χ3v) is 4.25. The van der Waals surface area contributed by atoms with Crippen LogP contribution in [0.2, 0.25) is 0 Å². The van der Waals surface area contributed by atoms with E-state index in [2.05, 4.69) is 43.1 Å². The molecule has 1 unspecified atom stereocenters. The number of amides is 1. The Balaban J connectivity index is 0.00000288. The Hall–Kier alpha value is -1.36. The second-order valence-corrected chi connectivity index (χ2v) is 5.87. The Kier molecular flexibility index (Phi) is 9.69. The number of hydrogen-bond acceptors (Lipinski definition) is 3. The van der Waals surface area contributed by atoms with Crippen molar-refractivity contribution in [3.8, 4) is 0 Å². The predicted octanol–water partition coefficient (Wildman–Crippen LogP) is 3.13. The van der Waals surface area contributed by atoms with Crippen molar-refractivity contribution in [2.24, 2.45) is 0 Å². The number of carbonyl (C=O) groups is 1. The summed E-state index contributed by atoms with van der Waals surface area (Å²) in [6.07, 6.45) is 4.07. The first kappa shape index (κ1) is 20.7. The van der Waals surface area contributed by atoms with E-state index in [-0.39, 0.29) is 24.4 Å². The van der Waals surface area contributed by atoms with Gasteiger partial charge in [-0.25, -0.2) is 0 Å². The maximum absolute atomic E-state index is 12.6. The van der Waals surface area contributed by atoms with E-state index in [9.17, 15) is 4.79 Å². The maximum Gasteiger partial charge on any atom is 0.223 e. The van der Waals surface area contributed by atoms with Gasteiger partial charge in [-0.1, -0.05) is 37.3 Å². The second-order valence-electron chi connectivity index (χ2n) is 5.87. The van der Waals surface area contributed by atoms with E-state index in [1.807, 2.05) is 4.90 Å². The molecular formula is C19H29ClN2O2. The lowest BCUT2D eigenvalue weighted by Crippen LogP contribution is -2.48. The molecule has 1 atom stereocenters. The van der Waals surface area contributed by atoms with E-state index >= 15 is 0 Å². The number of piperazine rings is 1. The first-order valence-corrected chi connectivity index (χ1v) is 8.54. The smallest absolute Gasteiger partial charge is 0.223 e. The molecule has 1 aliphatic heterocycles. The Bertz CT molecular complexity index is 505. The van der Waals surface area contributed by atoms with E-state index in [4.69, 9.17) is 4.74 Å². The van der Waals surface area contributed by atoms with Gasteiger partial charge < -0.3 is 15.0 Å². The third kappa shape index (κ3) is 5.93. The molecule has 0 radical (unpaired) electrons. The van der Waals surface area contributed by atoms with E-state index in [1.165, 1.54) is 11.1 Å². The summed E-state index contributed by atoms with van der Waals surface area (Å²) in [5.74, 6) is 0.221. The number of benzene rings is 1. The molecule has 2 rings (SSSR count). The molecule has 0 aliphatic carbocycles. The average molecular weight is 353 g/mol. The SMILES string of the molecule is C=CCOCCCC(=O)N1CCNCC1c1ccc(CC)cc1.Cl.